The zero-order valence-corrected chi connectivity index (χ0v) is 14.7. The van der Waals surface area contributed by atoms with E-state index in [9.17, 15) is 5.11 Å². The minimum Gasteiger partial charge on any atom is -0.392 e. The van der Waals surface area contributed by atoms with Crippen LogP contribution in [0.4, 0.5) is 5.82 Å². The summed E-state index contributed by atoms with van der Waals surface area (Å²) in [4.78, 5) is 6.84. The van der Waals surface area contributed by atoms with E-state index in [1.807, 2.05) is 12.3 Å². The van der Waals surface area contributed by atoms with Gasteiger partial charge < -0.3 is 10.0 Å². The largest absolute Gasteiger partial charge is 0.392 e. The lowest BCUT2D eigenvalue weighted by molar-refractivity contribution is 0.281. The predicted octanol–water partition coefficient (Wildman–Crippen LogP) is 4.24. The molecule has 1 aromatic heterocycles. The van der Waals surface area contributed by atoms with Crippen LogP contribution in [0.15, 0.2) is 16.7 Å². The minimum absolute atomic E-state index is 0.0294. The Bertz CT molecular complexity index is 395. The maximum atomic E-state index is 9.56. The summed E-state index contributed by atoms with van der Waals surface area (Å²) in [5.41, 5.74) is 0.895. The van der Waals surface area contributed by atoms with Crippen molar-refractivity contribution < 1.29 is 5.11 Å². The molecule has 1 heterocycles. The summed E-state index contributed by atoms with van der Waals surface area (Å²) in [7, 11) is 0. The smallest absolute Gasteiger partial charge is 0.134 e. The zero-order chi connectivity index (χ0) is 15.1. The van der Waals surface area contributed by atoms with Gasteiger partial charge in [-0.05, 0) is 46.7 Å². The summed E-state index contributed by atoms with van der Waals surface area (Å²) in [5.74, 6) is 2.27. The van der Waals surface area contributed by atoms with Gasteiger partial charge in [-0.3, -0.25) is 0 Å². The highest BCUT2D eigenvalue weighted by Crippen LogP contribution is 2.23. The average Bonchev–Trinajstić information content (AvgIpc) is 2.38. The Hall–Kier alpha value is -0.610. The van der Waals surface area contributed by atoms with E-state index in [1.54, 1.807) is 0 Å². The molecule has 0 unspecified atom stereocenters. The molecule has 1 N–H and O–H groups in total. The van der Waals surface area contributed by atoms with E-state index < -0.39 is 0 Å². The van der Waals surface area contributed by atoms with Crippen LogP contribution < -0.4 is 4.90 Å². The van der Waals surface area contributed by atoms with E-state index in [1.165, 1.54) is 0 Å². The molecule has 0 atom stereocenters. The Labute approximate surface area is 131 Å². The summed E-state index contributed by atoms with van der Waals surface area (Å²) in [6, 6.07) is 1.96. The number of halogens is 1. The average molecular weight is 343 g/mol. The molecule has 0 aliphatic rings. The lowest BCUT2D eigenvalue weighted by Gasteiger charge is -2.27. The van der Waals surface area contributed by atoms with Crippen LogP contribution in [0.25, 0.3) is 0 Å². The second-order valence-corrected chi connectivity index (χ2v) is 7.06. The van der Waals surface area contributed by atoms with Gasteiger partial charge in [-0.25, -0.2) is 4.98 Å². The molecular weight excluding hydrogens is 316 g/mol. The first kappa shape index (κ1) is 17.4. The van der Waals surface area contributed by atoms with E-state index in [0.717, 1.165) is 41.8 Å². The number of nitrogens with zero attached hydrogens (tertiary/aromatic N) is 2. The number of anilines is 1. The first-order valence-electron chi connectivity index (χ1n) is 7.44. The lowest BCUT2D eigenvalue weighted by Crippen LogP contribution is -2.29. The van der Waals surface area contributed by atoms with Gasteiger partial charge in [0.15, 0.2) is 0 Å². The third kappa shape index (κ3) is 5.80. The van der Waals surface area contributed by atoms with Crippen molar-refractivity contribution in [3.8, 4) is 0 Å². The van der Waals surface area contributed by atoms with Crippen LogP contribution in [0.1, 0.15) is 46.1 Å². The van der Waals surface area contributed by atoms with E-state index >= 15 is 0 Å². The molecule has 114 valence electrons. The number of aliphatic hydroxyl groups is 1. The van der Waals surface area contributed by atoms with Crippen molar-refractivity contribution in [2.75, 3.05) is 18.0 Å². The molecule has 0 aliphatic carbocycles. The second kappa shape index (κ2) is 8.63. The van der Waals surface area contributed by atoms with Crippen LogP contribution in [0.3, 0.4) is 0 Å². The van der Waals surface area contributed by atoms with Gasteiger partial charge in [-0.2, -0.15) is 0 Å². The molecule has 0 fully saturated rings. The highest BCUT2D eigenvalue weighted by Gasteiger charge is 2.14. The van der Waals surface area contributed by atoms with Crippen molar-refractivity contribution in [3.05, 3.63) is 22.3 Å². The Balaban J connectivity index is 2.89. The quantitative estimate of drug-likeness (QED) is 0.767. The predicted molar refractivity (Wildman–Crippen MR) is 89.0 cm³/mol. The van der Waals surface area contributed by atoms with Crippen molar-refractivity contribution in [2.24, 2.45) is 11.8 Å². The third-order valence-electron chi connectivity index (χ3n) is 3.33. The normalized spacial score (nSPS) is 11.4. The highest BCUT2D eigenvalue weighted by molar-refractivity contribution is 9.10. The summed E-state index contributed by atoms with van der Waals surface area (Å²) in [5, 5.41) is 9.56. The van der Waals surface area contributed by atoms with Crippen molar-refractivity contribution in [1.29, 1.82) is 0 Å². The summed E-state index contributed by atoms with van der Waals surface area (Å²) in [6.07, 6.45) is 4.09. The van der Waals surface area contributed by atoms with Gasteiger partial charge >= 0.3 is 0 Å². The Kier molecular flexibility index (Phi) is 7.52. The van der Waals surface area contributed by atoms with Crippen molar-refractivity contribution in [1.82, 2.24) is 4.98 Å². The fourth-order valence-corrected chi connectivity index (χ4v) is 2.41. The van der Waals surface area contributed by atoms with Gasteiger partial charge in [0, 0.05) is 29.3 Å². The van der Waals surface area contributed by atoms with E-state index in [2.05, 4.69) is 53.5 Å². The van der Waals surface area contributed by atoms with Gasteiger partial charge in [0.05, 0.1) is 6.61 Å². The lowest BCUT2D eigenvalue weighted by atomic mass is 10.1. The Morgan fingerprint density at radius 3 is 2.15 bits per heavy atom. The molecule has 1 aromatic rings. The maximum absolute atomic E-state index is 9.56. The molecule has 0 saturated carbocycles. The standard InChI is InChI=1S/C16H27BrN2O/c1-12(2)5-7-19(8-6-13(3)4)16-14(11-20)9-15(17)10-18-16/h9-10,12-13,20H,5-8,11H2,1-4H3. The first-order chi connectivity index (χ1) is 9.43. The molecule has 0 bridgehead atoms. The van der Waals surface area contributed by atoms with Crippen molar-refractivity contribution in [2.45, 2.75) is 47.1 Å². The van der Waals surface area contributed by atoms with E-state index in [-0.39, 0.29) is 6.61 Å². The summed E-state index contributed by atoms with van der Waals surface area (Å²) < 4.78 is 0.915. The second-order valence-electron chi connectivity index (χ2n) is 6.15. The summed E-state index contributed by atoms with van der Waals surface area (Å²) in [6.45, 7) is 11.0. The maximum Gasteiger partial charge on any atom is 0.134 e. The van der Waals surface area contributed by atoms with Gasteiger partial charge in [-0.15, -0.1) is 0 Å². The first-order valence-corrected chi connectivity index (χ1v) is 8.23. The fraction of sp³-hybridized carbons (Fsp3) is 0.688. The number of rotatable bonds is 8. The van der Waals surface area contributed by atoms with Gasteiger partial charge in [0.2, 0.25) is 0 Å². The molecule has 3 nitrogen and oxygen atoms in total. The zero-order valence-electron chi connectivity index (χ0n) is 13.1. The third-order valence-corrected chi connectivity index (χ3v) is 3.77. The van der Waals surface area contributed by atoms with E-state index in [4.69, 9.17) is 0 Å². The molecule has 0 saturated heterocycles. The fourth-order valence-electron chi connectivity index (χ4n) is 2.03. The summed E-state index contributed by atoms with van der Waals surface area (Å²) >= 11 is 3.42. The molecule has 20 heavy (non-hydrogen) atoms. The molecule has 1 rings (SSSR count). The van der Waals surface area contributed by atoms with Crippen LogP contribution >= 0.6 is 15.9 Å². The molecule has 4 heteroatoms. The van der Waals surface area contributed by atoms with Crippen LogP contribution in [0.2, 0.25) is 0 Å². The van der Waals surface area contributed by atoms with Gasteiger partial charge in [-0.1, -0.05) is 27.7 Å². The molecule has 0 aliphatic heterocycles. The Morgan fingerprint density at radius 1 is 1.15 bits per heavy atom. The Morgan fingerprint density at radius 2 is 1.70 bits per heavy atom. The van der Waals surface area contributed by atoms with Gasteiger partial charge in [0.25, 0.3) is 0 Å². The van der Waals surface area contributed by atoms with E-state index in [0.29, 0.717) is 11.8 Å². The number of hydrogen-bond acceptors (Lipinski definition) is 3. The molecule has 0 radical (unpaired) electrons. The van der Waals surface area contributed by atoms with Gasteiger partial charge in [0.1, 0.15) is 5.82 Å². The van der Waals surface area contributed by atoms with Crippen molar-refractivity contribution >= 4 is 21.7 Å². The van der Waals surface area contributed by atoms with Crippen LogP contribution in [-0.2, 0) is 6.61 Å². The minimum atomic E-state index is 0.0294. The van der Waals surface area contributed by atoms with Crippen LogP contribution in [0, 0.1) is 11.8 Å². The number of hydrogen-bond donors (Lipinski definition) is 1. The topological polar surface area (TPSA) is 36.4 Å². The highest BCUT2D eigenvalue weighted by atomic mass is 79.9. The molecule has 0 aromatic carbocycles. The van der Waals surface area contributed by atoms with Crippen LogP contribution in [-0.4, -0.2) is 23.2 Å². The molecular formula is C16H27BrN2O. The monoisotopic (exact) mass is 342 g/mol. The SMILES string of the molecule is CC(C)CCN(CCC(C)C)c1ncc(Br)cc1CO. The number of aromatic nitrogens is 1. The molecule has 0 amide bonds. The van der Waals surface area contributed by atoms with Crippen molar-refractivity contribution in [3.63, 3.8) is 0 Å². The number of pyridine rings is 1. The molecule has 0 spiro atoms. The number of aliphatic hydroxyl groups excluding tert-OH is 1. The van der Waals surface area contributed by atoms with Crippen LogP contribution in [0.5, 0.6) is 0 Å².